The van der Waals surface area contributed by atoms with Crippen molar-refractivity contribution in [3.05, 3.63) is 65.2 Å². The lowest BCUT2D eigenvalue weighted by Gasteiger charge is -2.29. The quantitative estimate of drug-likeness (QED) is 0.848. The summed E-state index contributed by atoms with van der Waals surface area (Å²) in [5.41, 5.74) is 10.1. The van der Waals surface area contributed by atoms with Gasteiger partial charge in [-0.1, -0.05) is 36.4 Å². The third-order valence-electron chi connectivity index (χ3n) is 3.79. The number of anilines is 1. The van der Waals surface area contributed by atoms with Crippen molar-refractivity contribution in [1.29, 1.82) is 0 Å². The van der Waals surface area contributed by atoms with Crippen LogP contribution in [0.15, 0.2) is 48.5 Å². The number of hydrogen-bond donors (Lipinski definition) is 1. The molecule has 0 spiro atoms. The van der Waals surface area contributed by atoms with E-state index in [2.05, 4.69) is 18.2 Å². The molecule has 2 aromatic rings. The van der Waals surface area contributed by atoms with Gasteiger partial charge in [0, 0.05) is 18.8 Å². The smallest absolute Gasteiger partial charge is 0.227 e. The van der Waals surface area contributed by atoms with E-state index in [4.69, 9.17) is 5.73 Å². The van der Waals surface area contributed by atoms with Gasteiger partial charge in [0.05, 0.1) is 6.42 Å². The molecule has 3 heteroatoms. The third-order valence-corrected chi connectivity index (χ3v) is 3.79. The molecular formula is C17H18N2O. The fourth-order valence-electron chi connectivity index (χ4n) is 2.70. The minimum atomic E-state index is 0.171. The van der Waals surface area contributed by atoms with Crippen LogP contribution in [0.25, 0.3) is 0 Å². The average molecular weight is 266 g/mol. The van der Waals surface area contributed by atoms with Crippen molar-refractivity contribution < 1.29 is 4.79 Å². The molecule has 20 heavy (non-hydrogen) atoms. The first-order valence-electron chi connectivity index (χ1n) is 6.91. The Morgan fingerprint density at radius 1 is 1.10 bits per heavy atom. The maximum absolute atomic E-state index is 12.4. The van der Waals surface area contributed by atoms with Crippen molar-refractivity contribution in [1.82, 2.24) is 4.90 Å². The molecule has 2 aromatic carbocycles. The first kappa shape index (κ1) is 12.7. The SMILES string of the molecule is Nc1cccc(CC(=O)N2CCc3ccccc3C2)c1. The first-order chi connectivity index (χ1) is 9.72. The molecule has 0 saturated heterocycles. The highest BCUT2D eigenvalue weighted by Gasteiger charge is 2.20. The molecule has 102 valence electrons. The Kier molecular flexibility index (Phi) is 3.42. The summed E-state index contributed by atoms with van der Waals surface area (Å²) >= 11 is 0. The molecule has 0 unspecified atom stereocenters. The largest absolute Gasteiger partial charge is 0.399 e. The summed E-state index contributed by atoms with van der Waals surface area (Å²) in [6.07, 6.45) is 1.37. The molecule has 0 aliphatic carbocycles. The first-order valence-corrected chi connectivity index (χ1v) is 6.91. The molecule has 3 nitrogen and oxygen atoms in total. The van der Waals surface area contributed by atoms with Crippen molar-refractivity contribution in [3.63, 3.8) is 0 Å². The van der Waals surface area contributed by atoms with E-state index in [1.54, 1.807) is 0 Å². The van der Waals surface area contributed by atoms with Crippen molar-refractivity contribution in [2.75, 3.05) is 12.3 Å². The van der Waals surface area contributed by atoms with Crippen LogP contribution in [0.5, 0.6) is 0 Å². The number of hydrogen-bond acceptors (Lipinski definition) is 2. The third kappa shape index (κ3) is 2.67. The van der Waals surface area contributed by atoms with E-state index in [1.807, 2.05) is 35.2 Å². The number of carbonyl (C=O) groups is 1. The van der Waals surface area contributed by atoms with Gasteiger partial charge in [-0.3, -0.25) is 4.79 Å². The topological polar surface area (TPSA) is 46.3 Å². The summed E-state index contributed by atoms with van der Waals surface area (Å²) in [6, 6.07) is 15.9. The van der Waals surface area contributed by atoms with Gasteiger partial charge in [0.15, 0.2) is 0 Å². The van der Waals surface area contributed by atoms with Crippen LogP contribution in [0.4, 0.5) is 5.69 Å². The summed E-state index contributed by atoms with van der Waals surface area (Å²) < 4.78 is 0. The Balaban J connectivity index is 1.70. The summed E-state index contributed by atoms with van der Waals surface area (Å²) in [4.78, 5) is 14.3. The number of rotatable bonds is 2. The fraction of sp³-hybridized carbons (Fsp3) is 0.235. The number of nitrogens with zero attached hydrogens (tertiary/aromatic N) is 1. The molecule has 0 radical (unpaired) electrons. The highest BCUT2D eigenvalue weighted by Crippen LogP contribution is 2.19. The van der Waals surface area contributed by atoms with Crippen molar-refractivity contribution in [2.24, 2.45) is 0 Å². The molecule has 1 aliphatic rings. The molecule has 2 N–H and O–H groups in total. The van der Waals surface area contributed by atoms with Crippen molar-refractivity contribution in [2.45, 2.75) is 19.4 Å². The van der Waals surface area contributed by atoms with Gasteiger partial charge in [0.1, 0.15) is 0 Å². The van der Waals surface area contributed by atoms with Crippen LogP contribution in [0, 0.1) is 0 Å². The Morgan fingerprint density at radius 2 is 1.90 bits per heavy atom. The predicted octanol–water partition coefficient (Wildman–Crippen LogP) is 2.40. The van der Waals surface area contributed by atoms with E-state index in [1.165, 1.54) is 11.1 Å². The summed E-state index contributed by atoms with van der Waals surface area (Å²) in [6.45, 7) is 1.52. The lowest BCUT2D eigenvalue weighted by atomic mass is 9.99. The van der Waals surface area contributed by atoms with E-state index in [9.17, 15) is 4.79 Å². The van der Waals surface area contributed by atoms with Gasteiger partial charge in [-0.05, 0) is 35.2 Å². The average Bonchev–Trinajstić information content (AvgIpc) is 2.47. The number of carbonyl (C=O) groups excluding carboxylic acids is 1. The zero-order chi connectivity index (χ0) is 13.9. The molecule has 0 aromatic heterocycles. The molecule has 0 saturated carbocycles. The molecular weight excluding hydrogens is 248 g/mol. The van der Waals surface area contributed by atoms with Crippen LogP contribution in [0.1, 0.15) is 16.7 Å². The van der Waals surface area contributed by atoms with E-state index in [0.717, 1.165) is 25.1 Å². The second kappa shape index (κ2) is 5.37. The minimum absolute atomic E-state index is 0.171. The van der Waals surface area contributed by atoms with Crippen LogP contribution < -0.4 is 5.73 Å². The lowest BCUT2D eigenvalue weighted by molar-refractivity contribution is -0.131. The molecule has 1 amide bonds. The van der Waals surface area contributed by atoms with Gasteiger partial charge in [-0.15, -0.1) is 0 Å². The van der Waals surface area contributed by atoms with E-state index in [0.29, 0.717) is 12.1 Å². The summed E-state index contributed by atoms with van der Waals surface area (Å²) in [5, 5.41) is 0. The molecule has 3 rings (SSSR count). The van der Waals surface area contributed by atoms with Crippen molar-refractivity contribution >= 4 is 11.6 Å². The van der Waals surface area contributed by atoms with Gasteiger partial charge in [0.2, 0.25) is 5.91 Å². The number of amides is 1. The van der Waals surface area contributed by atoms with Crippen LogP contribution in [-0.2, 0) is 24.2 Å². The Labute approximate surface area is 119 Å². The Bertz CT molecular complexity index is 636. The molecule has 0 fully saturated rings. The normalized spacial score (nSPS) is 13.9. The highest BCUT2D eigenvalue weighted by molar-refractivity contribution is 5.79. The molecule has 0 atom stereocenters. The van der Waals surface area contributed by atoms with Gasteiger partial charge in [-0.25, -0.2) is 0 Å². The van der Waals surface area contributed by atoms with Crippen LogP contribution >= 0.6 is 0 Å². The predicted molar refractivity (Wildman–Crippen MR) is 80.1 cm³/mol. The molecule has 0 bridgehead atoms. The standard InChI is InChI=1S/C17H18N2O/c18-16-7-3-4-13(10-16)11-17(20)19-9-8-14-5-1-2-6-15(14)12-19/h1-7,10H,8-9,11-12,18H2. The number of nitrogens with two attached hydrogens (primary N) is 1. The molecule has 1 aliphatic heterocycles. The second-order valence-electron chi connectivity index (χ2n) is 5.26. The lowest BCUT2D eigenvalue weighted by Crippen LogP contribution is -2.36. The maximum atomic E-state index is 12.4. The van der Waals surface area contributed by atoms with Gasteiger partial charge in [-0.2, -0.15) is 0 Å². The second-order valence-corrected chi connectivity index (χ2v) is 5.26. The summed E-state index contributed by atoms with van der Waals surface area (Å²) in [7, 11) is 0. The number of fused-ring (bicyclic) bond motifs is 1. The zero-order valence-corrected chi connectivity index (χ0v) is 11.4. The zero-order valence-electron chi connectivity index (χ0n) is 11.4. The van der Waals surface area contributed by atoms with Crippen LogP contribution in [0.3, 0.4) is 0 Å². The van der Waals surface area contributed by atoms with E-state index in [-0.39, 0.29) is 5.91 Å². The van der Waals surface area contributed by atoms with Crippen molar-refractivity contribution in [3.8, 4) is 0 Å². The number of nitrogen functional groups attached to an aromatic ring is 1. The Hall–Kier alpha value is -2.29. The van der Waals surface area contributed by atoms with Gasteiger partial charge in [0.25, 0.3) is 0 Å². The van der Waals surface area contributed by atoms with Crippen LogP contribution in [0.2, 0.25) is 0 Å². The summed E-state index contributed by atoms with van der Waals surface area (Å²) in [5.74, 6) is 0.171. The van der Waals surface area contributed by atoms with E-state index < -0.39 is 0 Å². The Morgan fingerprint density at radius 3 is 2.70 bits per heavy atom. The highest BCUT2D eigenvalue weighted by atomic mass is 16.2. The monoisotopic (exact) mass is 266 g/mol. The molecule has 1 heterocycles. The minimum Gasteiger partial charge on any atom is -0.399 e. The van der Waals surface area contributed by atoms with Crippen LogP contribution in [-0.4, -0.2) is 17.4 Å². The maximum Gasteiger partial charge on any atom is 0.227 e. The van der Waals surface area contributed by atoms with Gasteiger partial charge >= 0.3 is 0 Å². The number of benzene rings is 2. The van der Waals surface area contributed by atoms with E-state index >= 15 is 0 Å². The van der Waals surface area contributed by atoms with Gasteiger partial charge < -0.3 is 10.6 Å². The fourth-order valence-corrected chi connectivity index (χ4v) is 2.70.